The molecule has 4 rings (SSSR count). The van der Waals surface area contributed by atoms with Crippen LogP contribution in [-0.4, -0.2) is 6.23 Å². The Kier molecular flexibility index (Phi) is 2.40. The summed E-state index contributed by atoms with van der Waals surface area (Å²) in [5.74, 6) is 0.998. The van der Waals surface area contributed by atoms with Crippen molar-refractivity contribution < 1.29 is 4.74 Å². The van der Waals surface area contributed by atoms with Crippen molar-refractivity contribution in [3.05, 3.63) is 72.3 Å². The van der Waals surface area contributed by atoms with Gasteiger partial charge in [-0.15, -0.1) is 6.58 Å². The molecule has 0 amide bonds. The molecule has 2 aromatic carbocycles. The largest absolute Gasteiger partial charge is 0.469 e. The second kappa shape index (κ2) is 4.14. The minimum Gasteiger partial charge on any atom is -0.469 e. The first-order chi connectivity index (χ1) is 9.83. The third-order valence-corrected chi connectivity index (χ3v) is 4.48. The first-order valence-corrected chi connectivity index (χ1v) is 7.05. The zero-order valence-corrected chi connectivity index (χ0v) is 11.3. The summed E-state index contributed by atoms with van der Waals surface area (Å²) < 4.78 is 6.24. The average Bonchev–Trinajstić information content (AvgIpc) is 2.78. The highest BCUT2D eigenvalue weighted by atomic mass is 16.5. The van der Waals surface area contributed by atoms with Gasteiger partial charge in [-0.1, -0.05) is 42.5 Å². The number of ether oxygens (including phenoxy) is 1. The van der Waals surface area contributed by atoms with Gasteiger partial charge in [-0.3, -0.25) is 0 Å². The Bertz CT molecular complexity index is 679. The van der Waals surface area contributed by atoms with Gasteiger partial charge in [0.2, 0.25) is 0 Å². The van der Waals surface area contributed by atoms with E-state index in [0.717, 1.165) is 18.6 Å². The van der Waals surface area contributed by atoms with E-state index < -0.39 is 0 Å². The van der Waals surface area contributed by atoms with E-state index in [1.165, 1.54) is 16.8 Å². The molecule has 0 aliphatic carbocycles. The summed E-state index contributed by atoms with van der Waals surface area (Å²) in [6.45, 7) is 3.96. The molecule has 1 N–H and O–H groups in total. The van der Waals surface area contributed by atoms with Crippen LogP contribution in [0.1, 0.15) is 17.5 Å². The second-order valence-corrected chi connectivity index (χ2v) is 5.62. The van der Waals surface area contributed by atoms with E-state index >= 15 is 0 Å². The number of allylic oxidation sites excluding steroid dienone is 1. The fourth-order valence-corrected chi connectivity index (χ4v) is 3.57. The molecule has 2 atom stereocenters. The molecule has 2 aliphatic heterocycles. The van der Waals surface area contributed by atoms with Gasteiger partial charge in [0.15, 0.2) is 6.23 Å². The van der Waals surface area contributed by atoms with E-state index in [1.54, 1.807) is 0 Å². The van der Waals surface area contributed by atoms with E-state index in [-0.39, 0.29) is 11.6 Å². The Morgan fingerprint density at radius 1 is 1.20 bits per heavy atom. The van der Waals surface area contributed by atoms with E-state index in [9.17, 15) is 0 Å². The van der Waals surface area contributed by atoms with Crippen LogP contribution in [0.4, 0.5) is 5.69 Å². The molecule has 0 saturated carbocycles. The first kappa shape index (κ1) is 11.6. The number of hydrogen-bond acceptors (Lipinski definition) is 2. The Labute approximate surface area is 119 Å². The monoisotopic (exact) mass is 263 g/mol. The summed E-state index contributed by atoms with van der Waals surface area (Å²) in [5.41, 5.74) is 3.78. The maximum absolute atomic E-state index is 6.24. The fourth-order valence-electron chi connectivity index (χ4n) is 3.57. The Balaban J connectivity index is 1.88. The van der Waals surface area contributed by atoms with Gasteiger partial charge in [0.05, 0.1) is 5.41 Å². The molecule has 0 saturated heterocycles. The molecule has 0 unspecified atom stereocenters. The summed E-state index contributed by atoms with van der Waals surface area (Å²) in [4.78, 5) is 0. The van der Waals surface area contributed by atoms with E-state index in [0.29, 0.717) is 0 Å². The molecule has 2 nitrogen and oxygen atoms in total. The van der Waals surface area contributed by atoms with Crippen LogP contribution in [0.15, 0.2) is 61.2 Å². The van der Waals surface area contributed by atoms with Crippen molar-refractivity contribution in [3.63, 3.8) is 0 Å². The van der Waals surface area contributed by atoms with Gasteiger partial charge in [0.1, 0.15) is 5.75 Å². The molecule has 2 aliphatic rings. The number of anilines is 1. The molecule has 20 heavy (non-hydrogen) atoms. The molecule has 2 heterocycles. The Morgan fingerprint density at radius 2 is 2.00 bits per heavy atom. The summed E-state index contributed by atoms with van der Waals surface area (Å²) in [5, 5.41) is 3.53. The van der Waals surface area contributed by atoms with Crippen molar-refractivity contribution in [2.75, 3.05) is 5.32 Å². The highest BCUT2D eigenvalue weighted by molar-refractivity contribution is 5.63. The van der Waals surface area contributed by atoms with Crippen molar-refractivity contribution in [2.45, 2.75) is 24.5 Å². The summed E-state index contributed by atoms with van der Waals surface area (Å²) in [6, 6.07) is 16.8. The van der Waals surface area contributed by atoms with Crippen molar-refractivity contribution in [1.82, 2.24) is 0 Å². The third-order valence-electron chi connectivity index (χ3n) is 4.48. The summed E-state index contributed by atoms with van der Waals surface area (Å²) in [6.07, 6.45) is 3.90. The standard InChI is InChI=1S/C18H17NO/c1-2-11-18-12-13-7-3-6-10-16(13)20-17(18)19-15-9-5-4-8-14(15)18/h2-10,17,19H,1,11-12H2/t17-,18-/m1/s1. The lowest BCUT2D eigenvalue weighted by atomic mass is 9.72. The van der Waals surface area contributed by atoms with Crippen LogP contribution < -0.4 is 10.1 Å². The number of benzene rings is 2. The van der Waals surface area contributed by atoms with Crippen molar-refractivity contribution >= 4 is 5.69 Å². The molecule has 0 fully saturated rings. The maximum Gasteiger partial charge on any atom is 0.180 e. The van der Waals surface area contributed by atoms with Crippen molar-refractivity contribution in [1.29, 1.82) is 0 Å². The van der Waals surface area contributed by atoms with Crippen LogP contribution >= 0.6 is 0 Å². The third kappa shape index (κ3) is 1.45. The topological polar surface area (TPSA) is 21.3 Å². The molecule has 2 aromatic rings. The molecule has 0 spiro atoms. The van der Waals surface area contributed by atoms with Gasteiger partial charge in [0.25, 0.3) is 0 Å². The number of rotatable bonds is 2. The highest BCUT2D eigenvalue weighted by Gasteiger charge is 2.50. The van der Waals surface area contributed by atoms with Crippen LogP contribution in [0.3, 0.4) is 0 Å². The number of nitrogens with one attached hydrogen (secondary N) is 1. The molecule has 2 heteroatoms. The average molecular weight is 263 g/mol. The van der Waals surface area contributed by atoms with Gasteiger partial charge in [-0.2, -0.15) is 0 Å². The van der Waals surface area contributed by atoms with Crippen LogP contribution in [0.25, 0.3) is 0 Å². The molecule has 100 valence electrons. The zero-order valence-electron chi connectivity index (χ0n) is 11.3. The Hall–Kier alpha value is -2.22. The van der Waals surface area contributed by atoms with E-state index in [4.69, 9.17) is 4.74 Å². The minimum absolute atomic E-state index is 0.00667. The number of hydrogen-bond donors (Lipinski definition) is 1. The van der Waals surface area contributed by atoms with Gasteiger partial charge < -0.3 is 10.1 Å². The van der Waals surface area contributed by atoms with Gasteiger partial charge in [0, 0.05) is 5.69 Å². The summed E-state index contributed by atoms with van der Waals surface area (Å²) >= 11 is 0. The van der Waals surface area contributed by atoms with Gasteiger partial charge in [-0.25, -0.2) is 0 Å². The van der Waals surface area contributed by atoms with Crippen LogP contribution in [0.2, 0.25) is 0 Å². The molecule has 0 radical (unpaired) electrons. The molecule has 0 aromatic heterocycles. The lowest BCUT2D eigenvalue weighted by Crippen LogP contribution is -2.47. The lowest BCUT2D eigenvalue weighted by molar-refractivity contribution is 0.118. The fraction of sp³-hybridized carbons (Fsp3) is 0.222. The van der Waals surface area contributed by atoms with Crippen LogP contribution in [0, 0.1) is 0 Å². The number of para-hydroxylation sites is 2. The summed E-state index contributed by atoms with van der Waals surface area (Å²) in [7, 11) is 0. The molecule has 0 bridgehead atoms. The van der Waals surface area contributed by atoms with Crippen LogP contribution in [0.5, 0.6) is 5.75 Å². The predicted molar refractivity (Wildman–Crippen MR) is 81.1 cm³/mol. The SMILES string of the molecule is C=CC[C@]12Cc3ccccc3O[C@H]1Nc1ccccc12. The number of fused-ring (bicyclic) bond motifs is 4. The van der Waals surface area contributed by atoms with E-state index in [2.05, 4.69) is 54.4 Å². The molecular formula is C18H17NO. The zero-order chi connectivity index (χ0) is 13.6. The van der Waals surface area contributed by atoms with Crippen LogP contribution in [-0.2, 0) is 11.8 Å². The quantitative estimate of drug-likeness (QED) is 0.830. The lowest BCUT2D eigenvalue weighted by Gasteiger charge is -2.39. The van der Waals surface area contributed by atoms with Crippen molar-refractivity contribution in [2.24, 2.45) is 0 Å². The second-order valence-electron chi connectivity index (χ2n) is 5.62. The highest BCUT2D eigenvalue weighted by Crippen LogP contribution is 2.50. The minimum atomic E-state index is -0.0350. The van der Waals surface area contributed by atoms with Crippen molar-refractivity contribution in [3.8, 4) is 5.75 Å². The molecular weight excluding hydrogens is 246 g/mol. The Morgan fingerprint density at radius 3 is 2.90 bits per heavy atom. The van der Waals surface area contributed by atoms with Gasteiger partial charge in [-0.05, 0) is 36.1 Å². The van der Waals surface area contributed by atoms with E-state index in [1.807, 2.05) is 12.1 Å². The van der Waals surface area contributed by atoms with Gasteiger partial charge >= 0.3 is 0 Å². The first-order valence-electron chi connectivity index (χ1n) is 7.05. The normalized spacial score (nSPS) is 25.7. The smallest absolute Gasteiger partial charge is 0.180 e. The maximum atomic E-state index is 6.24. The predicted octanol–water partition coefficient (Wildman–Crippen LogP) is 3.89.